The van der Waals surface area contributed by atoms with E-state index < -0.39 is 0 Å². The Kier molecular flexibility index (Phi) is 4.32. The SMILES string of the molecule is CC1=C(C(=O)Nc2ccc(C)cc2)[C@H](c2cccnc2)n2c(nc3ccccc32)N1. The normalized spacial score (nSPS) is 15.6. The van der Waals surface area contributed by atoms with E-state index in [4.69, 9.17) is 4.98 Å². The van der Waals surface area contributed by atoms with Gasteiger partial charge in [0.2, 0.25) is 5.95 Å². The number of anilines is 2. The second kappa shape index (κ2) is 7.15. The molecule has 1 aliphatic rings. The number of benzene rings is 2. The van der Waals surface area contributed by atoms with Crippen LogP contribution in [0.4, 0.5) is 11.6 Å². The Bertz CT molecular complexity index is 1270. The third kappa shape index (κ3) is 3.03. The number of amides is 1. The molecule has 4 aromatic rings. The maximum absolute atomic E-state index is 13.5. The zero-order valence-corrected chi connectivity index (χ0v) is 16.8. The van der Waals surface area contributed by atoms with Crippen molar-refractivity contribution in [3.8, 4) is 0 Å². The van der Waals surface area contributed by atoms with Gasteiger partial charge in [-0.25, -0.2) is 4.98 Å². The molecule has 1 aliphatic heterocycles. The van der Waals surface area contributed by atoms with Crippen LogP contribution in [0.25, 0.3) is 11.0 Å². The van der Waals surface area contributed by atoms with Crippen LogP contribution in [0.15, 0.2) is 84.3 Å². The summed E-state index contributed by atoms with van der Waals surface area (Å²) in [5.41, 5.74) is 6.08. The van der Waals surface area contributed by atoms with E-state index in [0.29, 0.717) is 5.57 Å². The first-order chi connectivity index (χ1) is 14.6. The third-order valence-electron chi connectivity index (χ3n) is 5.38. The van der Waals surface area contributed by atoms with Crippen LogP contribution < -0.4 is 10.6 Å². The highest BCUT2D eigenvalue weighted by atomic mass is 16.1. The number of carbonyl (C=O) groups is 1. The number of para-hydroxylation sites is 2. The molecule has 1 atom stereocenters. The summed E-state index contributed by atoms with van der Waals surface area (Å²) in [5, 5.41) is 6.37. The fourth-order valence-electron chi connectivity index (χ4n) is 3.95. The molecule has 148 valence electrons. The number of hydrogen-bond acceptors (Lipinski definition) is 4. The Morgan fingerprint density at radius 1 is 1.03 bits per heavy atom. The van der Waals surface area contributed by atoms with E-state index in [1.54, 1.807) is 12.4 Å². The van der Waals surface area contributed by atoms with Gasteiger partial charge in [0.15, 0.2) is 0 Å². The number of rotatable bonds is 3. The van der Waals surface area contributed by atoms with E-state index in [1.807, 2.05) is 74.5 Å². The zero-order chi connectivity index (χ0) is 20.7. The van der Waals surface area contributed by atoms with Gasteiger partial charge in [-0.3, -0.25) is 14.3 Å². The minimum Gasteiger partial charge on any atom is -0.329 e. The van der Waals surface area contributed by atoms with Gasteiger partial charge in [0.05, 0.1) is 22.6 Å². The van der Waals surface area contributed by atoms with Crippen molar-refractivity contribution in [2.75, 3.05) is 10.6 Å². The fourth-order valence-corrected chi connectivity index (χ4v) is 3.95. The van der Waals surface area contributed by atoms with Crippen molar-refractivity contribution >= 4 is 28.6 Å². The molecule has 5 rings (SSSR count). The van der Waals surface area contributed by atoms with Gasteiger partial charge in [-0.15, -0.1) is 0 Å². The topological polar surface area (TPSA) is 71.8 Å². The summed E-state index contributed by atoms with van der Waals surface area (Å²) >= 11 is 0. The Hall–Kier alpha value is -3.93. The van der Waals surface area contributed by atoms with Gasteiger partial charge in [-0.2, -0.15) is 0 Å². The second-order valence-corrected chi connectivity index (χ2v) is 7.47. The van der Waals surface area contributed by atoms with Gasteiger partial charge in [0.1, 0.15) is 0 Å². The van der Waals surface area contributed by atoms with Gasteiger partial charge in [0, 0.05) is 23.8 Å². The molecule has 0 radical (unpaired) electrons. The smallest absolute Gasteiger partial charge is 0.255 e. The summed E-state index contributed by atoms with van der Waals surface area (Å²) in [6, 6.07) is 19.3. The lowest BCUT2D eigenvalue weighted by atomic mass is 9.95. The summed E-state index contributed by atoms with van der Waals surface area (Å²) in [7, 11) is 0. The van der Waals surface area contributed by atoms with Crippen molar-refractivity contribution in [3.63, 3.8) is 0 Å². The quantitative estimate of drug-likeness (QED) is 0.529. The number of aromatic nitrogens is 3. The van der Waals surface area contributed by atoms with Gasteiger partial charge in [-0.1, -0.05) is 35.9 Å². The Labute approximate surface area is 174 Å². The Morgan fingerprint density at radius 2 is 1.83 bits per heavy atom. The zero-order valence-electron chi connectivity index (χ0n) is 16.8. The minimum absolute atomic E-state index is 0.152. The lowest BCUT2D eigenvalue weighted by Crippen LogP contribution is -2.31. The van der Waals surface area contributed by atoms with Crippen molar-refractivity contribution in [1.29, 1.82) is 0 Å². The minimum atomic E-state index is -0.340. The van der Waals surface area contributed by atoms with Crippen LogP contribution in [-0.2, 0) is 4.79 Å². The van der Waals surface area contributed by atoms with E-state index in [1.165, 1.54) is 0 Å². The molecule has 0 bridgehead atoms. The number of nitrogens with one attached hydrogen (secondary N) is 2. The maximum atomic E-state index is 13.5. The lowest BCUT2D eigenvalue weighted by molar-refractivity contribution is -0.113. The van der Waals surface area contributed by atoms with Crippen molar-refractivity contribution in [2.45, 2.75) is 19.9 Å². The maximum Gasteiger partial charge on any atom is 0.255 e. The number of imidazole rings is 1. The standard InChI is InChI=1S/C24H21N5O/c1-15-9-11-18(12-10-15)27-23(30)21-16(2)26-24-28-19-7-3-4-8-20(19)29(24)22(21)17-6-5-13-25-14-17/h3-14,22H,1-2H3,(H,26,28)(H,27,30)/t22-/m0/s1. The van der Waals surface area contributed by atoms with Crippen LogP contribution in [0.3, 0.4) is 0 Å². The molecule has 0 saturated carbocycles. The first-order valence-corrected chi connectivity index (χ1v) is 9.84. The van der Waals surface area contributed by atoms with Crippen molar-refractivity contribution in [2.24, 2.45) is 0 Å². The summed E-state index contributed by atoms with van der Waals surface area (Å²) < 4.78 is 2.07. The predicted molar refractivity (Wildman–Crippen MR) is 118 cm³/mol. The fraction of sp³-hybridized carbons (Fsp3) is 0.125. The molecule has 30 heavy (non-hydrogen) atoms. The van der Waals surface area contributed by atoms with Crippen molar-refractivity contribution < 1.29 is 4.79 Å². The van der Waals surface area contributed by atoms with Crippen molar-refractivity contribution in [1.82, 2.24) is 14.5 Å². The summed E-state index contributed by atoms with van der Waals surface area (Å²) in [6.45, 7) is 3.93. The van der Waals surface area contributed by atoms with E-state index in [0.717, 1.165) is 39.5 Å². The molecule has 2 N–H and O–H groups in total. The van der Waals surface area contributed by atoms with Gasteiger partial charge in [0.25, 0.3) is 5.91 Å². The predicted octanol–water partition coefficient (Wildman–Crippen LogP) is 4.67. The van der Waals surface area contributed by atoms with E-state index in [2.05, 4.69) is 20.2 Å². The van der Waals surface area contributed by atoms with Crippen LogP contribution in [0.1, 0.15) is 24.1 Å². The number of nitrogens with zero attached hydrogens (tertiary/aromatic N) is 3. The number of fused-ring (bicyclic) bond motifs is 3. The monoisotopic (exact) mass is 395 g/mol. The van der Waals surface area contributed by atoms with E-state index >= 15 is 0 Å². The van der Waals surface area contributed by atoms with Crippen LogP contribution >= 0.6 is 0 Å². The van der Waals surface area contributed by atoms with E-state index in [9.17, 15) is 4.79 Å². The number of allylic oxidation sites excluding steroid dienone is 1. The molecular formula is C24H21N5O. The molecular weight excluding hydrogens is 374 g/mol. The largest absolute Gasteiger partial charge is 0.329 e. The second-order valence-electron chi connectivity index (χ2n) is 7.47. The molecule has 0 aliphatic carbocycles. The molecule has 3 heterocycles. The highest BCUT2D eigenvalue weighted by molar-refractivity contribution is 6.06. The van der Waals surface area contributed by atoms with E-state index in [-0.39, 0.29) is 11.9 Å². The van der Waals surface area contributed by atoms with Crippen LogP contribution in [0.2, 0.25) is 0 Å². The summed E-state index contributed by atoms with van der Waals surface area (Å²) in [4.78, 5) is 22.5. The first kappa shape index (κ1) is 18.1. The molecule has 0 saturated heterocycles. The molecule has 6 heteroatoms. The van der Waals surface area contributed by atoms with Crippen LogP contribution in [0, 0.1) is 6.92 Å². The molecule has 0 spiro atoms. The number of aryl methyl sites for hydroxylation is 1. The Morgan fingerprint density at radius 3 is 2.60 bits per heavy atom. The van der Waals surface area contributed by atoms with Gasteiger partial charge >= 0.3 is 0 Å². The average Bonchev–Trinajstić information content (AvgIpc) is 3.12. The lowest BCUT2D eigenvalue weighted by Gasteiger charge is -2.30. The third-order valence-corrected chi connectivity index (χ3v) is 5.38. The highest BCUT2D eigenvalue weighted by Crippen LogP contribution is 2.39. The average molecular weight is 395 g/mol. The molecule has 2 aromatic heterocycles. The van der Waals surface area contributed by atoms with Gasteiger partial charge in [-0.05, 0) is 49.7 Å². The Balaban J connectivity index is 1.65. The molecule has 6 nitrogen and oxygen atoms in total. The van der Waals surface area contributed by atoms with Gasteiger partial charge < -0.3 is 10.6 Å². The molecule has 0 unspecified atom stereocenters. The number of hydrogen-bond donors (Lipinski definition) is 2. The molecule has 2 aromatic carbocycles. The summed E-state index contributed by atoms with van der Waals surface area (Å²) in [6.07, 6.45) is 3.54. The molecule has 1 amide bonds. The van der Waals surface area contributed by atoms with Crippen LogP contribution in [-0.4, -0.2) is 20.4 Å². The first-order valence-electron chi connectivity index (χ1n) is 9.84. The highest BCUT2D eigenvalue weighted by Gasteiger charge is 2.34. The van der Waals surface area contributed by atoms with Crippen molar-refractivity contribution in [3.05, 3.63) is 95.5 Å². The molecule has 0 fully saturated rings. The summed E-state index contributed by atoms with van der Waals surface area (Å²) in [5.74, 6) is 0.565. The van der Waals surface area contributed by atoms with Crippen LogP contribution in [0.5, 0.6) is 0 Å². The number of pyridine rings is 1. The number of carbonyl (C=O) groups excluding carboxylic acids is 1.